The molecule has 0 atom stereocenters. The number of rotatable bonds is 4. The first-order valence-electron chi connectivity index (χ1n) is 5.66. The summed E-state index contributed by atoms with van der Waals surface area (Å²) in [5.41, 5.74) is 8.19. The molecule has 94 valence electrons. The molecule has 0 spiro atoms. The molecule has 4 heteroatoms. The van der Waals surface area contributed by atoms with E-state index < -0.39 is 0 Å². The number of hydrogen-bond acceptors (Lipinski definition) is 2. The van der Waals surface area contributed by atoms with Crippen molar-refractivity contribution in [3.8, 4) is 5.75 Å². The summed E-state index contributed by atoms with van der Waals surface area (Å²) in [6, 6.07) is 6.20. The molecule has 17 heavy (non-hydrogen) atoms. The van der Waals surface area contributed by atoms with E-state index in [2.05, 4.69) is 29.8 Å². The highest BCUT2D eigenvalue weighted by Crippen LogP contribution is 2.26. The number of benzene rings is 1. The summed E-state index contributed by atoms with van der Waals surface area (Å²) in [4.78, 5) is 0. The molecule has 0 bridgehead atoms. The van der Waals surface area contributed by atoms with E-state index in [4.69, 9.17) is 10.5 Å². The van der Waals surface area contributed by atoms with E-state index in [9.17, 15) is 0 Å². The van der Waals surface area contributed by atoms with Crippen molar-refractivity contribution in [3.05, 3.63) is 30.0 Å². The Bertz CT molecular complexity index is 493. The molecule has 2 N–H and O–H groups in total. The minimum Gasteiger partial charge on any atom is -0.497 e. The molecule has 0 amide bonds. The zero-order valence-electron chi connectivity index (χ0n) is 10.3. The Hall–Kier alpha value is -1.19. The summed E-state index contributed by atoms with van der Waals surface area (Å²) >= 11 is 0. The van der Waals surface area contributed by atoms with Gasteiger partial charge >= 0.3 is 0 Å². The van der Waals surface area contributed by atoms with Gasteiger partial charge in [0.15, 0.2) is 0 Å². The van der Waals surface area contributed by atoms with Crippen LogP contribution < -0.4 is 10.5 Å². The molecule has 3 nitrogen and oxygen atoms in total. The maximum absolute atomic E-state index is 5.63. The molecule has 0 aliphatic rings. The van der Waals surface area contributed by atoms with Gasteiger partial charge < -0.3 is 15.0 Å². The summed E-state index contributed by atoms with van der Waals surface area (Å²) in [5.74, 6) is 0.902. The zero-order valence-corrected chi connectivity index (χ0v) is 11.1. The van der Waals surface area contributed by atoms with Gasteiger partial charge in [-0.2, -0.15) is 0 Å². The molecule has 1 aromatic carbocycles. The van der Waals surface area contributed by atoms with Gasteiger partial charge in [-0.1, -0.05) is 0 Å². The first kappa shape index (κ1) is 13.9. The number of aryl methyl sites for hydroxylation is 1. The van der Waals surface area contributed by atoms with Gasteiger partial charge in [0.25, 0.3) is 0 Å². The van der Waals surface area contributed by atoms with Gasteiger partial charge in [0.05, 0.1) is 7.11 Å². The van der Waals surface area contributed by atoms with Gasteiger partial charge in [-0.25, -0.2) is 0 Å². The van der Waals surface area contributed by atoms with Crippen LogP contribution in [0.2, 0.25) is 0 Å². The minimum absolute atomic E-state index is 0. The van der Waals surface area contributed by atoms with Gasteiger partial charge in [-0.15, -0.1) is 12.4 Å². The van der Waals surface area contributed by atoms with Crippen molar-refractivity contribution >= 4 is 23.3 Å². The number of aromatic nitrogens is 1. The number of halogens is 1. The Morgan fingerprint density at radius 2 is 2.12 bits per heavy atom. The van der Waals surface area contributed by atoms with Crippen LogP contribution in [0.5, 0.6) is 5.75 Å². The molecule has 1 aromatic heterocycles. The molecule has 0 saturated carbocycles. The van der Waals surface area contributed by atoms with E-state index in [-0.39, 0.29) is 12.4 Å². The summed E-state index contributed by atoms with van der Waals surface area (Å²) in [5, 5.41) is 1.26. The van der Waals surface area contributed by atoms with Gasteiger partial charge in [0, 0.05) is 23.6 Å². The summed E-state index contributed by atoms with van der Waals surface area (Å²) < 4.78 is 7.51. The van der Waals surface area contributed by atoms with Crippen molar-refractivity contribution in [2.75, 3.05) is 13.7 Å². The quantitative estimate of drug-likeness (QED) is 0.911. The van der Waals surface area contributed by atoms with Gasteiger partial charge in [0.2, 0.25) is 0 Å². The lowest BCUT2D eigenvalue weighted by molar-refractivity contribution is 0.415. The fourth-order valence-corrected chi connectivity index (χ4v) is 2.09. The highest BCUT2D eigenvalue weighted by Gasteiger charge is 2.07. The van der Waals surface area contributed by atoms with Gasteiger partial charge in [-0.05, 0) is 43.7 Å². The van der Waals surface area contributed by atoms with Gasteiger partial charge in [0.1, 0.15) is 5.75 Å². The Balaban J connectivity index is 0.00000144. The normalized spacial score (nSPS) is 10.3. The fourth-order valence-electron chi connectivity index (χ4n) is 2.09. The van der Waals surface area contributed by atoms with E-state index in [1.807, 2.05) is 6.07 Å². The molecule has 0 radical (unpaired) electrons. The number of nitrogens with two attached hydrogens (primary N) is 1. The van der Waals surface area contributed by atoms with Crippen LogP contribution >= 0.6 is 12.4 Å². The van der Waals surface area contributed by atoms with Crippen molar-refractivity contribution < 1.29 is 4.74 Å². The maximum atomic E-state index is 5.63. The highest BCUT2D eigenvalue weighted by molar-refractivity contribution is 5.85. The number of nitrogens with zero attached hydrogens (tertiary/aromatic N) is 1. The largest absolute Gasteiger partial charge is 0.497 e. The Morgan fingerprint density at radius 3 is 2.71 bits per heavy atom. The lowest BCUT2D eigenvalue weighted by Crippen LogP contribution is -2.02. The van der Waals surface area contributed by atoms with Crippen LogP contribution in [0.1, 0.15) is 12.5 Å². The topological polar surface area (TPSA) is 40.2 Å². The molecule has 2 rings (SSSR count). The second-order valence-electron chi connectivity index (χ2n) is 3.86. The number of ether oxygens (including phenoxy) is 1. The zero-order chi connectivity index (χ0) is 11.5. The predicted octanol–water partition coefficient (Wildman–Crippen LogP) is 2.59. The lowest BCUT2D eigenvalue weighted by Gasteiger charge is -2.02. The number of methoxy groups -OCH3 is 1. The monoisotopic (exact) mass is 254 g/mol. The molecular weight excluding hydrogens is 236 g/mol. The van der Waals surface area contributed by atoms with Crippen LogP contribution in [0.4, 0.5) is 0 Å². The Labute approximate surface area is 108 Å². The van der Waals surface area contributed by atoms with Crippen LogP contribution in [0.25, 0.3) is 10.9 Å². The van der Waals surface area contributed by atoms with Crippen LogP contribution in [-0.4, -0.2) is 18.2 Å². The van der Waals surface area contributed by atoms with Crippen molar-refractivity contribution in [2.24, 2.45) is 5.73 Å². The average molecular weight is 255 g/mol. The summed E-state index contributed by atoms with van der Waals surface area (Å²) in [7, 11) is 1.70. The smallest absolute Gasteiger partial charge is 0.119 e. The minimum atomic E-state index is 0. The lowest BCUT2D eigenvalue weighted by atomic mass is 10.1. The molecule has 2 aromatic rings. The predicted molar refractivity (Wildman–Crippen MR) is 74.2 cm³/mol. The third-order valence-corrected chi connectivity index (χ3v) is 2.93. The van der Waals surface area contributed by atoms with Crippen molar-refractivity contribution in [1.29, 1.82) is 0 Å². The number of hydrogen-bond donors (Lipinski definition) is 1. The van der Waals surface area contributed by atoms with E-state index in [1.165, 1.54) is 16.5 Å². The Morgan fingerprint density at radius 1 is 1.35 bits per heavy atom. The molecule has 0 unspecified atom stereocenters. The van der Waals surface area contributed by atoms with E-state index in [0.717, 1.165) is 18.7 Å². The standard InChI is InChI=1S/C13H18N2O.ClH/c1-3-15-9-10(6-7-14)12-8-11(16-2)4-5-13(12)15;/h4-5,8-9H,3,6-7,14H2,1-2H3;1H. The summed E-state index contributed by atoms with van der Waals surface area (Å²) in [6.45, 7) is 3.81. The molecule has 0 saturated heterocycles. The first-order chi connectivity index (χ1) is 7.80. The Kier molecular flexibility index (Phi) is 4.85. The molecular formula is C13H19ClN2O. The van der Waals surface area contributed by atoms with Crippen LogP contribution in [0.15, 0.2) is 24.4 Å². The van der Waals surface area contributed by atoms with Crippen LogP contribution in [0, 0.1) is 0 Å². The number of fused-ring (bicyclic) bond motifs is 1. The average Bonchev–Trinajstić information content (AvgIpc) is 2.67. The van der Waals surface area contributed by atoms with Crippen LogP contribution in [-0.2, 0) is 13.0 Å². The highest BCUT2D eigenvalue weighted by atomic mass is 35.5. The fraction of sp³-hybridized carbons (Fsp3) is 0.385. The molecule has 0 aliphatic carbocycles. The second-order valence-corrected chi connectivity index (χ2v) is 3.86. The van der Waals surface area contributed by atoms with Crippen molar-refractivity contribution in [3.63, 3.8) is 0 Å². The first-order valence-corrected chi connectivity index (χ1v) is 5.66. The summed E-state index contributed by atoms with van der Waals surface area (Å²) in [6.07, 6.45) is 3.10. The van der Waals surface area contributed by atoms with E-state index in [1.54, 1.807) is 7.11 Å². The third-order valence-electron chi connectivity index (χ3n) is 2.93. The van der Waals surface area contributed by atoms with Crippen LogP contribution in [0.3, 0.4) is 0 Å². The molecule has 0 aliphatic heterocycles. The third kappa shape index (κ3) is 2.56. The van der Waals surface area contributed by atoms with E-state index in [0.29, 0.717) is 6.54 Å². The molecule has 1 heterocycles. The van der Waals surface area contributed by atoms with Gasteiger partial charge in [-0.3, -0.25) is 0 Å². The second kappa shape index (κ2) is 5.94. The van der Waals surface area contributed by atoms with E-state index >= 15 is 0 Å². The molecule has 0 fully saturated rings. The maximum Gasteiger partial charge on any atom is 0.119 e. The van der Waals surface area contributed by atoms with Crippen molar-refractivity contribution in [2.45, 2.75) is 19.9 Å². The SMILES string of the molecule is CCn1cc(CCN)c2cc(OC)ccc21.Cl. The van der Waals surface area contributed by atoms with Crippen molar-refractivity contribution in [1.82, 2.24) is 4.57 Å².